The van der Waals surface area contributed by atoms with E-state index in [-0.39, 0.29) is 41.6 Å². The molecule has 1 saturated carbocycles. The summed E-state index contributed by atoms with van der Waals surface area (Å²) in [6, 6.07) is 11.1. The van der Waals surface area contributed by atoms with E-state index >= 15 is 0 Å². The van der Waals surface area contributed by atoms with Crippen LogP contribution >= 0.6 is 0 Å². The average Bonchev–Trinajstić information content (AvgIpc) is 3.15. The van der Waals surface area contributed by atoms with E-state index in [0.29, 0.717) is 5.69 Å². The summed E-state index contributed by atoms with van der Waals surface area (Å²) in [4.78, 5) is 11.5. The van der Waals surface area contributed by atoms with Gasteiger partial charge in [-0.05, 0) is 61.6 Å². The van der Waals surface area contributed by atoms with Gasteiger partial charge in [-0.3, -0.25) is 9.48 Å². The zero-order valence-electron chi connectivity index (χ0n) is 17.0. The zero-order chi connectivity index (χ0) is 21.9. The highest BCUT2D eigenvalue weighted by molar-refractivity contribution is 7.89. The molecule has 5 rings (SSSR count). The third-order valence-electron chi connectivity index (χ3n) is 6.54. The van der Waals surface area contributed by atoms with Gasteiger partial charge in [0.25, 0.3) is 0 Å². The molecule has 3 aromatic rings. The summed E-state index contributed by atoms with van der Waals surface area (Å²) in [6.45, 7) is 2.26. The number of aliphatic carboxylic acids is 1. The van der Waals surface area contributed by atoms with Gasteiger partial charge in [0.2, 0.25) is 10.0 Å². The number of fused-ring (bicyclic) bond motifs is 2. The van der Waals surface area contributed by atoms with Crippen molar-refractivity contribution in [3.05, 3.63) is 53.7 Å². The maximum absolute atomic E-state index is 13.3. The summed E-state index contributed by atoms with van der Waals surface area (Å²) in [7, 11) is -3.71. The van der Waals surface area contributed by atoms with Crippen molar-refractivity contribution in [3.63, 3.8) is 0 Å². The molecule has 0 amide bonds. The Hall–Kier alpha value is -2.91. The number of rotatable bonds is 5. The Morgan fingerprint density at radius 3 is 2.52 bits per heavy atom. The van der Waals surface area contributed by atoms with Gasteiger partial charge in [-0.15, -0.1) is 0 Å². The van der Waals surface area contributed by atoms with E-state index < -0.39 is 16.0 Å². The van der Waals surface area contributed by atoms with Gasteiger partial charge in [-0.1, -0.05) is 12.1 Å². The van der Waals surface area contributed by atoms with Crippen LogP contribution in [0.25, 0.3) is 10.9 Å². The molecular formula is C22H23N3O5S. The minimum atomic E-state index is -3.71. The molecule has 3 atom stereocenters. The molecule has 8 nitrogen and oxygen atoms in total. The third-order valence-corrected chi connectivity index (χ3v) is 8.44. The molecule has 0 radical (unpaired) electrons. The van der Waals surface area contributed by atoms with Crippen LogP contribution in [-0.4, -0.2) is 51.3 Å². The van der Waals surface area contributed by atoms with Crippen LogP contribution in [0.1, 0.15) is 30.1 Å². The Morgan fingerprint density at radius 2 is 1.87 bits per heavy atom. The molecule has 2 aliphatic rings. The number of carbonyl (C=O) groups is 1. The molecule has 9 heteroatoms. The Labute approximate surface area is 179 Å². The maximum atomic E-state index is 13.3. The van der Waals surface area contributed by atoms with Crippen molar-refractivity contribution in [2.45, 2.75) is 43.2 Å². The number of carboxylic acids is 1. The monoisotopic (exact) mass is 441 g/mol. The largest absolute Gasteiger partial charge is 0.508 e. The van der Waals surface area contributed by atoms with E-state index in [4.69, 9.17) is 0 Å². The summed E-state index contributed by atoms with van der Waals surface area (Å²) in [5, 5.41) is 24.3. The number of aromatic hydroxyl groups is 1. The molecule has 0 bridgehead atoms. The van der Waals surface area contributed by atoms with Crippen molar-refractivity contribution in [3.8, 4) is 5.75 Å². The van der Waals surface area contributed by atoms with Gasteiger partial charge in [-0.2, -0.15) is 9.40 Å². The number of sulfonamides is 1. The van der Waals surface area contributed by atoms with Crippen LogP contribution in [0.5, 0.6) is 5.75 Å². The van der Waals surface area contributed by atoms with Crippen molar-refractivity contribution in [1.29, 1.82) is 0 Å². The topological polar surface area (TPSA) is 113 Å². The fourth-order valence-electron chi connectivity index (χ4n) is 4.90. The predicted octanol–water partition coefficient (Wildman–Crippen LogP) is 2.70. The van der Waals surface area contributed by atoms with E-state index in [0.717, 1.165) is 29.3 Å². The SMILES string of the molecule is Cc1ccc2c(CC(=O)O)nn([C@H]3CN(S(=O)(=O)c4ccc(O)cc4)[C@@H]4CC[C@@H]43)c2c1. The highest BCUT2D eigenvalue weighted by Gasteiger charge is 2.53. The molecular weight excluding hydrogens is 418 g/mol. The lowest BCUT2D eigenvalue weighted by atomic mass is 9.78. The summed E-state index contributed by atoms with van der Waals surface area (Å²) < 4.78 is 30.0. The van der Waals surface area contributed by atoms with Crippen LogP contribution in [0.4, 0.5) is 0 Å². The van der Waals surface area contributed by atoms with E-state index in [1.54, 1.807) is 4.31 Å². The lowest BCUT2D eigenvalue weighted by Gasteiger charge is -2.36. The molecule has 2 heterocycles. The standard InChI is InChI=1S/C22H23N3O5S/c1-13-2-7-16-18(11-22(27)28)23-25(20(16)10-13)21-12-24(19-9-8-17(19)21)31(29,30)15-5-3-14(26)4-6-15/h2-7,10,17,19,21,26H,8-9,11-12H2,1H3,(H,27,28)/t17-,19+,21-/m0/s1. The normalized spacial score (nSPS) is 23.6. The van der Waals surface area contributed by atoms with Gasteiger partial charge in [-0.25, -0.2) is 8.42 Å². The van der Waals surface area contributed by atoms with Gasteiger partial charge < -0.3 is 10.2 Å². The lowest BCUT2D eigenvalue weighted by Crippen LogP contribution is -2.43. The average molecular weight is 442 g/mol. The van der Waals surface area contributed by atoms with Gasteiger partial charge >= 0.3 is 5.97 Å². The van der Waals surface area contributed by atoms with Crippen molar-refractivity contribution >= 4 is 26.9 Å². The second kappa shape index (κ2) is 7.06. The van der Waals surface area contributed by atoms with E-state index in [1.807, 2.05) is 29.8 Å². The number of nitrogens with zero attached hydrogens (tertiary/aromatic N) is 3. The van der Waals surface area contributed by atoms with Crippen LogP contribution in [-0.2, 0) is 21.2 Å². The lowest BCUT2D eigenvalue weighted by molar-refractivity contribution is -0.136. The zero-order valence-corrected chi connectivity index (χ0v) is 17.8. The predicted molar refractivity (Wildman–Crippen MR) is 113 cm³/mol. The van der Waals surface area contributed by atoms with Gasteiger partial charge in [0.1, 0.15) is 5.75 Å². The molecule has 2 fully saturated rings. The van der Waals surface area contributed by atoms with Crippen LogP contribution < -0.4 is 0 Å². The summed E-state index contributed by atoms with van der Waals surface area (Å²) in [6.07, 6.45) is 1.51. The first-order valence-corrected chi connectivity index (χ1v) is 11.7. The van der Waals surface area contributed by atoms with Crippen LogP contribution in [0.15, 0.2) is 47.4 Å². The molecule has 2 aromatic carbocycles. The van der Waals surface area contributed by atoms with E-state index in [1.165, 1.54) is 24.3 Å². The van der Waals surface area contributed by atoms with Crippen molar-refractivity contribution in [2.24, 2.45) is 5.92 Å². The first-order chi connectivity index (χ1) is 14.8. The molecule has 1 aromatic heterocycles. The highest BCUT2D eigenvalue weighted by atomic mass is 32.2. The molecule has 1 saturated heterocycles. The number of aromatic nitrogens is 2. The maximum Gasteiger partial charge on any atom is 0.309 e. The number of benzene rings is 2. The quantitative estimate of drug-likeness (QED) is 0.630. The van der Waals surface area contributed by atoms with Crippen molar-refractivity contribution in [2.75, 3.05) is 6.54 Å². The second-order valence-corrected chi connectivity index (χ2v) is 10.3. The summed E-state index contributed by atoms with van der Waals surface area (Å²) in [5.41, 5.74) is 2.38. The Bertz CT molecular complexity index is 1280. The molecule has 1 aliphatic carbocycles. The van der Waals surface area contributed by atoms with Crippen LogP contribution in [0, 0.1) is 12.8 Å². The fourth-order valence-corrected chi connectivity index (χ4v) is 6.62. The second-order valence-electron chi connectivity index (χ2n) is 8.43. The molecule has 0 unspecified atom stereocenters. The Kier molecular flexibility index (Phi) is 4.56. The number of hydrogen-bond donors (Lipinski definition) is 2. The molecule has 2 N–H and O–H groups in total. The minimum Gasteiger partial charge on any atom is -0.508 e. The number of phenolic OH excluding ortho intramolecular Hbond substituents is 1. The van der Waals surface area contributed by atoms with Crippen molar-refractivity contribution in [1.82, 2.24) is 14.1 Å². The Balaban J connectivity index is 1.55. The van der Waals surface area contributed by atoms with Gasteiger partial charge in [0.15, 0.2) is 0 Å². The highest BCUT2D eigenvalue weighted by Crippen LogP contribution is 2.49. The Morgan fingerprint density at radius 1 is 1.13 bits per heavy atom. The van der Waals surface area contributed by atoms with Crippen molar-refractivity contribution < 1.29 is 23.4 Å². The number of aryl methyl sites for hydroxylation is 1. The van der Waals surface area contributed by atoms with Crippen LogP contribution in [0.3, 0.4) is 0 Å². The van der Waals surface area contributed by atoms with E-state index in [2.05, 4.69) is 5.10 Å². The number of phenols is 1. The first kappa shape index (κ1) is 20.0. The van der Waals surface area contributed by atoms with Crippen LogP contribution in [0.2, 0.25) is 0 Å². The number of carboxylic acid groups (broad SMARTS) is 1. The smallest absolute Gasteiger partial charge is 0.309 e. The molecule has 31 heavy (non-hydrogen) atoms. The first-order valence-electron chi connectivity index (χ1n) is 10.3. The number of hydrogen-bond acceptors (Lipinski definition) is 5. The summed E-state index contributed by atoms with van der Waals surface area (Å²) >= 11 is 0. The molecule has 162 valence electrons. The molecule has 1 aliphatic heterocycles. The van der Waals surface area contributed by atoms with Gasteiger partial charge in [0, 0.05) is 18.0 Å². The minimum absolute atomic E-state index is 0.0177. The van der Waals surface area contributed by atoms with E-state index in [9.17, 15) is 23.4 Å². The molecule has 0 spiro atoms. The third kappa shape index (κ3) is 3.19. The summed E-state index contributed by atoms with van der Waals surface area (Å²) in [5.74, 6) is -0.797. The van der Waals surface area contributed by atoms with Gasteiger partial charge in [0.05, 0.1) is 28.6 Å². The fraction of sp³-hybridized carbons (Fsp3) is 0.364.